The number of aryl methyl sites for hydroxylation is 2. The SMILES string of the molecule is COc1ccc(-c2ccnc3c2c(C)nn3CC(=O)Nc2ccc(C)cc2OC(F)F)cc1. The second-order valence-electron chi connectivity index (χ2n) is 7.45. The number of aromatic nitrogens is 3. The van der Waals surface area contributed by atoms with E-state index in [1.807, 2.05) is 37.3 Å². The number of carbonyl (C=O) groups excluding carboxylic acids is 1. The van der Waals surface area contributed by atoms with Crippen LogP contribution in [0.4, 0.5) is 14.5 Å². The average Bonchev–Trinajstić information content (AvgIpc) is 3.10. The Bertz CT molecular complexity index is 1300. The minimum atomic E-state index is -3.00. The Hall–Kier alpha value is -4.01. The first-order chi connectivity index (χ1) is 15.9. The summed E-state index contributed by atoms with van der Waals surface area (Å²) in [4.78, 5) is 17.1. The van der Waals surface area contributed by atoms with E-state index in [-0.39, 0.29) is 18.0 Å². The van der Waals surface area contributed by atoms with Crippen molar-refractivity contribution in [2.75, 3.05) is 12.4 Å². The number of hydrogen-bond donors (Lipinski definition) is 1. The topological polar surface area (TPSA) is 78.3 Å². The van der Waals surface area contributed by atoms with Gasteiger partial charge in [0.2, 0.25) is 5.91 Å². The van der Waals surface area contributed by atoms with Crippen LogP contribution < -0.4 is 14.8 Å². The molecule has 0 spiro atoms. The molecule has 2 aromatic carbocycles. The van der Waals surface area contributed by atoms with Crippen LogP contribution in [0.1, 0.15) is 11.3 Å². The van der Waals surface area contributed by atoms with Crippen molar-refractivity contribution in [2.45, 2.75) is 27.0 Å². The van der Waals surface area contributed by atoms with Crippen LogP contribution in [-0.2, 0) is 11.3 Å². The molecule has 0 saturated heterocycles. The molecule has 0 atom stereocenters. The number of fused-ring (bicyclic) bond motifs is 1. The number of rotatable bonds is 7. The normalized spacial score (nSPS) is 11.1. The summed E-state index contributed by atoms with van der Waals surface area (Å²) in [5.74, 6) is 0.207. The van der Waals surface area contributed by atoms with Gasteiger partial charge in [0.25, 0.3) is 0 Å². The number of amides is 1. The molecule has 1 N–H and O–H groups in total. The largest absolute Gasteiger partial charge is 0.497 e. The maximum Gasteiger partial charge on any atom is 0.387 e. The van der Waals surface area contributed by atoms with Crippen LogP contribution in [0.5, 0.6) is 11.5 Å². The van der Waals surface area contributed by atoms with Gasteiger partial charge in [-0.2, -0.15) is 13.9 Å². The summed E-state index contributed by atoms with van der Waals surface area (Å²) in [5, 5.41) is 7.94. The molecule has 9 heteroatoms. The molecule has 0 saturated carbocycles. The molecular weight excluding hydrogens is 430 g/mol. The Kier molecular flexibility index (Phi) is 6.21. The highest BCUT2D eigenvalue weighted by molar-refractivity contribution is 5.96. The smallest absolute Gasteiger partial charge is 0.387 e. The van der Waals surface area contributed by atoms with Crippen molar-refractivity contribution in [1.29, 1.82) is 0 Å². The lowest BCUT2D eigenvalue weighted by molar-refractivity contribution is -0.116. The van der Waals surface area contributed by atoms with Gasteiger partial charge >= 0.3 is 6.61 Å². The van der Waals surface area contributed by atoms with Gasteiger partial charge in [0.05, 0.1) is 18.5 Å². The number of ether oxygens (including phenoxy) is 2. The summed E-state index contributed by atoms with van der Waals surface area (Å²) in [6.07, 6.45) is 1.66. The first kappa shape index (κ1) is 22.2. The van der Waals surface area contributed by atoms with Gasteiger partial charge in [-0.1, -0.05) is 18.2 Å². The van der Waals surface area contributed by atoms with Crippen LogP contribution >= 0.6 is 0 Å². The molecule has 0 radical (unpaired) electrons. The second kappa shape index (κ2) is 9.23. The van der Waals surface area contributed by atoms with Crippen LogP contribution in [0.2, 0.25) is 0 Å². The quantitative estimate of drug-likeness (QED) is 0.429. The van der Waals surface area contributed by atoms with Crippen molar-refractivity contribution in [2.24, 2.45) is 0 Å². The molecule has 1 amide bonds. The summed E-state index contributed by atoms with van der Waals surface area (Å²) in [5.41, 5.74) is 4.04. The van der Waals surface area contributed by atoms with Gasteiger partial charge < -0.3 is 14.8 Å². The number of alkyl halides is 2. The van der Waals surface area contributed by atoms with Crippen molar-refractivity contribution in [3.8, 4) is 22.6 Å². The lowest BCUT2D eigenvalue weighted by atomic mass is 10.0. The van der Waals surface area contributed by atoms with Gasteiger partial charge in [-0.15, -0.1) is 0 Å². The number of nitrogens with one attached hydrogen (secondary N) is 1. The molecule has 0 bridgehead atoms. The molecule has 7 nitrogen and oxygen atoms in total. The standard InChI is InChI=1S/C24H22F2N4O3/c1-14-4-9-19(20(12-14)33-24(25)26)28-21(31)13-30-23-22(15(2)29-30)18(10-11-27-23)16-5-7-17(32-3)8-6-16/h4-12,24H,13H2,1-3H3,(H,28,31). The van der Waals surface area contributed by atoms with Crippen LogP contribution in [-0.4, -0.2) is 34.4 Å². The van der Waals surface area contributed by atoms with Crippen molar-refractivity contribution in [1.82, 2.24) is 14.8 Å². The molecule has 0 aliphatic heterocycles. The minimum absolute atomic E-state index is 0.0974. The summed E-state index contributed by atoms with van der Waals surface area (Å²) in [6, 6.07) is 14.2. The monoisotopic (exact) mass is 452 g/mol. The number of hydrogen-bond acceptors (Lipinski definition) is 5. The van der Waals surface area contributed by atoms with Crippen LogP contribution in [0.15, 0.2) is 54.7 Å². The molecule has 0 fully saturated rings. The fourth-order valence-corrected chi connectivity index (χ4v) is 3.66. The summed E-state index contributed by atoms with van der Waals surface area (Å²) in [6.45, 7) is 0.445. The second-order valence-corrected chi connectivity index (χ2v) is 7.45. The number of pyridine rings is 1. The highest BCUT2D eigenvalue weighted by Crippen LogP contribution is 2.31. The average molecular weight is 452 g/mol. The van der Waals surface area contributed by atoms with Crippen LogP contribution in [0, 0.1) is 13.8 Å². The highest BCUT2D eigenvalue weighted by atomic mass is 19.3. The van der Waals surface area contributed by atoms with Crippen molar-refractivity contribution in [3.05, 3.63) is 66.0 Å². The molecule has 2 aromatic heterocycles. The fourth-order valence-electron chi connectivity index (χ4n) is 3.66. The molecule has 33 heavy (non-hydrogen) atoms. The maximum atomic E-state index is 12.7. The van der Waals surface area contributed by atoms with Crippen molar-refractivity contribution in [3.63, 3.8) is 0 Å². The molecule has 0 aliphatic rings. The number of nitrogens with zero attached hydrogens (tertiary/aromatic N) is 3. The van der Waals surface area contributed by atoms with Gasteiger partial charge in [-0.25, -0.2) is 9.67 Å². The summed E-state index contributed by atoms with van der Waals surface area (Å²) in [7, 11) is 1.61. The molecule has 4 aromatic rings. The maximum absolute atomic E-state index is 12.7. The van der Waals surface area contributed by atoms with Crippen molar-refractivity contribution >= 4 is 22.6 Å². The highest BCUT2D eigenvalue weighted by Gasteiger charge is 2.17. The van der Waals surface area contributed by atoms with E-state index in [4.69, 9.17) is 4.74 Å². The van der Waals surface area contributed by atoms with E-state index in [1.54, 1.807) is 26.3 Å². The van der Waals surface area contributed by atoms with Gasteiger partial charge in [0.15, 0.2) is 5.65 Å². The van der Waals surface area contributed by atoms with Gasteiger partial charge in [-0.05, 0) is 60.9 Å². The Morgan fingerprint density at radius 3 is 2.58 bits per heavy atom. The fraction of sp³-hybridized carbons (Fsp3) is 0.208. The molecule has 2 heterocycles. The van der Waals surface area contributed by atoms with E-state index in [9.17, 15) is 13.6 Å². The predicted molar refractivity (Wildman–Crippen MR) is 121 cm³/mol. The third kappa shape index (κ3) is 4.77. The van der Waals surface area contributed by atoms with Crippen LogP contribution in [0.3, 0.4) is 0 Å². The zero-order chi connectivity index (χ0) is 23.5. The zero-order valence-electron chi connectivity index (χ0n) is 18.3. The Morgan fingerprint density at radius 1 is 1.12 bits per heavy atom. The van der Waals surface area contributed by atoms with E-state index in [0.717, 1.165) is 27.8 Å². The molecular formula is C24H22F2N4O3. The van der Waals surface area contributed by atoms with Crippen LogP contribution in [0.25, 0.3) is 22.2 Å². The first-order valence-corrected chi connectivity index (χ1v) is 10.2. The number of anilines is 1. The molecule has 4 rings (SSSR count). The summed E-state index contributed by atoms with van der Waals surface area (Å²) >= 11 is 0. The lowest BCUT2D eigenvalue weighted by Crippen LogP contribution is -2.20. The number of methoxy groups -OCH3 is 1. The van der Waals surface area contributed by atoms with E-state index in [1.165, 1.54) is 16.8 Å². The van der Waals surface area contributed by atoms with E-state index in [0.29, 0.717) is 11.3 Å². The number of halogens is 2. The van der Waals surface area contributed by atoms with Crippen molar-refractivity contribution < 1.29 is 23.0 Å². The summed E-state index contributed by atoms with van der Waals surface area (Å²) < 4.78 is 36.8. The Labute approximate surface area is 189 Å². The third-order valence-corrected chi connectivity index (χ3v) is 5.13. The molecule has 170 valence electrons. The van der Waals surface area contributed by atoms with E-state index >= 15 is 0 Å². The van der Waals surface area contributed by atoms with E-state index in [2.05, 4.69) is 20.1 Å². The predicted octanol–water partition coefficient (Wildman–Crippen LogP) is 4.96. The zero-order valence-corrected chi connectivity index (χ0v) is 18.3. The molecule has 0 aliphatic carbocycles. The Balaban J connectivity index is 1.62. The van der Waals surface area contributed by atoms with Gasteiger partial charge in [0.1, 0.15) is 18.0 Å². The number of carbonyl (C=O) groups is 1. The Morgan fingerprint density at radius 2 is 1.88 bits per heavy atom. The molecule has 0 unspecified atom stereocenters. The first-order valence-electron chi connectivity index (χ1n) is 10.2. The van der Waals surface area contributed by atoms with Gasteiger partial charge in [0, 0.05) is 11.6 Å². The van der Waals surface area contributed by atoms with E-state index < -0.39 is 12.5 Å². The number of benzene rings is 2. The third-order valence-electron chi connectivity index (χ3n) is 5.13. The lowest BCUT2D eigenvalue weighted by Gasteiger charge is -2.13. The van der Waals surface area contributed by atoms with Gasteiger partial charge in [-0.3, -0.25) is 4.79 Å². The minimum Gasteiger partial charge on any atom is -0.497 e.